The SMILES string of the molecule is c1cncc(-c2cc(-c3cccnc3)cc(-n3c4ccccc4c4ccc5occc5c43)c2)c1. The zero-order valence-corrected chi connectivity index (χ0v) is 18.2. The maximum absolute atomic E-state index is 5.77. The van der Waals surface area contributed by atoms with Gasteiger partial charge >= 0.3 is 0 Å². The van der Waals surface area contributed by atoms with Crippen molar-refractivity contribution >= 4 is 32.8 Å². The van der Waals surface area contributed by atoms with Crippen LogP contribution in [0.5, 0.6) is 0 Å². The molecule has 0 radical (unpaired) electrons. The fraction of sp³-hybridized carbons (Fsp3) is 0. The predicted octanol–water partition coefficient (Wildman–Crippen LogP) is 7.65. The van der Waals surface area contributed by atoms with E-state index < -0.39 is 0 Å². The quantitative estimate of drug-likeness (QED) is 0.285. The molecule has 4 heterocycles. The van der Waals surface area contributed by atoms with E-state index in [-0.39, 0.29) is 0 Å². The second-order valence-corrected chi connectivity index (χ2v) is 8.40. The van der Waals surface area contributed by atoms with Crippen LogP contribution in [0.2, 0.25) is 0 Å². The Morgan fingerprint density at radius 3 is 2.03 bits per heavy atom. The Kier molecular flexibility index (Phi) is 4.11. The fourth-order valence-electron chi connectivity index (χ4n) is 4.91. The number of rotatable bonds is 3. The minimum absolute atomic E-state index is 0.882. The highest BCUT2D eigenvalue weighted by Crippen LogP contribution is 2.38. The van der Waals surface area contributed by atoms with Gasteiger partial charge in [-0.1, -0.05) is 30.3 Å². The Hall–Kier alpha value is -4.70. The van der Waals surface area contributed by atoms with Crippen molar-refractivity contribution in [2.75, 3.05) is 0 Å². The number of hydrogen-bond donors (Lipinski definition) is 0. The first-order chi connectivity index (χ1) is 16.9. The summed E-state index contributed by atoms with van der Waals surface area (Å²) in [6.45, 7) is 0. The fourth-order valence-corrected chi connectivity index (χ4v) is 4.91. The minimum Gasteiger partial charge on any atom is -0.464 e. The van der Waals surface area contributed by atoms with E-state index in [9.17, 15) is 0 Å². The molecule has 34 heavy (non-hydrogen) atoms. The van der Waals surface area contributed by atoms with E-state index in [0.29, 0.717) is 0 Å². The molecule has 0 spiro atoms. The first-order valence-electron chi connectivity index (χ1n) is 11.2. The van der Waals surface area contributed by atoms with Gasteiger partial charge in [0.25, 0.3) is 0 Å². The number of para-hydroxylation sites is 1. The summed E-state index contributed by atoms with van der Waals surface area (Å²) in [6.07, 6.45) is 9.19. The lowest BCUT2D eigenvalue weighted by molar-refractivity contribution is 0.616. The molecule has 160 valence electrons. The molecule has 0 amide bonds. The number of aromatic nitrogens is 3. The summed E-state index contributed by atoms with van der Waals surface area (Å²) in [4.78, 5) is 8.72. The van der Waals surface area contributed by atoms with Crippen LogP contribution in [0.1, 0.15) is 0 Å². The van der Waals surface area contributed by atoms with E-state index in [1.807, 2.05) is 24.5 Å². The van der Waals surface area contributed by atoms with Crippen LogP contribution in [-0.2, 0) is 0 Å². The van der Waals surface area contributed by atoms with Crippen LogP contribution in [0.4, 0.5) is 0 Å². The summed E-state index contributed by atoms with van der Waals surface area (Å²) in [7, 11) is 0. The van der Waals surface area contributed by atoms with Gasteiger partial charge < -0.3 is 8.98 Å². The topological polar surface area (TPSA) is 43.9 Å². The van der Waals surface area contributed by atoms with Gasteiger partial charge in [0.2, 0.25) is 0 Å². The third kappa shape index (κ3) is 2.86. The lowest BCUT2D eigenvalue weighted by atomic mass is 9.99. The highest BCUT2D eigenvalue weighted by molar-refractivity contribution is 6.17. The monoisotopic (exact) mass is 437 g/mol. The summed E-state index contributed by atoms with van der Waals surface area (Å²) in [5.41, 5.74) is 8.63. The summed E-state index contributed by atoms with van der Waals surface area (Å²) >= 11 is 0. The Morgan fingerprint density at radius 1 is 0.588 bits per heavy atom. The maximum Gasteiger partial charge on any atom is 0.136 e. The predicted molar refractivity (Wildman–Crippen MR) is 137 cm³/mol. The molecule has 4 aromatic heterocycles. The van der Waals surface area contributed by atoms with Crippen molar-refractivity contribution in [1.29, 1.82) is 0 Å². The Balaban J connectivity index is 1.62. The van der Waals surface area contributed by atoms with E-state index in [0.717, 1.165) is 49.9 Å². The minimum atomic E-state index is 0.882. The van der Waals surface area contributed by atoms with E-state index in [1.54, 1.807) is 18.7 Å². The lowest BCUT2D eigenvalue weighted by Crippen LogP contribution is -1.96. The van der Waals surface area contributed by atoms with Gasteiger partial charge in [0.1, 0.15) is 5.58 Å². The van der Waals surface area contributed by atoms with Gasteiger partial charge in [0, 0.05) is 57.8 Å². The molecule has 0 saturated heterocycles. The molecule has 0 aliphatic carbocycles. The molecule has 7 aromatic rings. The third-order valence-corrected chi connectivity index (χ3v) is 6.43. The molecular weight excluding hydrogens is 418 g/mol. The standard InChI is InChI=1S/C30H19N3O/c1-2-8-28-25(7-1)26-9-10-29-27(11-14-34-29)30(26)33(28)24-16-22(20-5-3-12-31-18-20)15-23(17-24)21-6-4-13-32-19-21/h1-19H. The molecular formula is C30H19N3O. The molecule has 0 bridgehead atoms. The second-order valence-electron chi connectivity index (χ2n) is 8.40. The van der Waals surface area contributed by atoms with Crippen molar-refractivity contribution < 1.29 is 4.42 Å². The molecule has 0 N–H and O–H groups in total. The van der Waals surface area contributed by atoms with Gasteiger partial charge in [-0.25, -0.2) is 0 Å². The number of fused-ring (bicyclic) bond motifs is 5. The van der Waals surface area contributed by atoms with Gasteiger partial charge in [0.15, 0.2) is 0 Å². The van der Waals surface area contributed by atoms with E-state index in [1.165, 1.54) is 10.8 Å². The van der Waals surface area contributed by atoms with Crippen molar-refractivity contribution in [3.05, 3.63) is 116 Å². The average molecular weight is 438 g/mol. The average Bonchev–Trinajstić information content (AvgIpc) is 3.52. The van der Waals surface area contributed by atoms with Crippen LogP contribution in [0.15, 0.2) is 120 Å². The van der Waals surface area contributed by atoms with Crippen LogP contribution in [0.25, 0.3) is 60.7 Å². The molecule has 0 aliphatic heterocycles. The van der Waals surface area contributed by atoms with Crippen LogP contribution < -0.4 is 0 Å². The van der Waals surface area contributed by atoms with Gasteiger partial charge in [-0.2, -0.15) is 0 Å². The number of pyridine rings is 2. The Labute approximate surface area is 195 Å². The zero-order valence-electron chi connectivity index (χ0n) is 18.2. The molecule has 0 aliphatic rings. The zero-order chi connectivity index (χ0) is 22.5. The molecule has 3 aromatic carbocycles. The van der Waals surface area contributed by atoms with Crippen molar-refractivity contribution in [3.8, 4) is 27.9 Å². The number of nitrogens with zero attached hydrogens (tertiary/aromatic N) is 3. The van der Waals surface area contributed by atoms with Crippen molar-refractivity contribution in [3.63, 3.8) is 0 Å². The molecule has 0 saturated carbocycles. The van der Waals surface area contributed by atoms with Crippen LogP contribution in [-0.4, -0.2) is 14.5 Å². The van der Waals surface area contributed by atoms with Gasteiger partial charge in [-0.15, -0.1) is 0 Å². The van der Waals surface area contributed by atoms with Gasteiger partial charge in [-0.05, 0) is 65.7 Å². The first-order valence-corrected chi connectivity index (χ1v) is 11.2. The number of furan rings is 1. The smallest absolute Gasteiger partial charge is 0.136 e. The Bertz CT molecular complexity index is 1740. The number of hydrogen-bond acceptors (Lipinski definition) is 3. The lowest BCUT2D eigenvalue weighted by Gasteiger charge is -2.14. The van der Waals surface area contributed by atoms with Crippen LogP contribution in [0, 0.1) is 0 Å². The summed E-state index contributed by atoms with van der Waals surface area (Å²) in [6, 6.07) is 29.7. The molecule has 7 rings (SSSR count). The van der Waals surface area contributed by atoms with Crippen molar-refractivity contribution in [2.45, 2.75) is 0 Å². The van der Waals surface area contributed by atoms with Crippen LogP contribution >= 0.6 is 0 Å². The Morgan fingerprint density at radius 2 is 1.32 bits per heavy atom. The molecule has 0 unspecified atom stereocenters. The normalized spacial score (nSPS) is 11.5. The highest BCUT2D eigenvalue weighted by atomic mass is 16.3. The summed E-state index contributed by atoms with van der Waals surface area (Å²) < 4.78 is 8.12. The van der Waals surface area contributed by atoms with Crippen molar-refractivity contribution in [2.24, 2.45) is 0 Å². The highest BCUT2D eigenvalue weighted by Gasteiger charge is 2.17. The molecule has 0 atom stereocenters. The molecule has 4 nitrogen and oxygen atoms in total. The second kappa shape index (κ2) is 7.42. The summed E-state index contributed by atoms with van der Waals surface area (Å²) in [5.74, 6) is 0. The largest absolute Gasteiger partial charge is 0.464 e. The van der Waals surface area contributed by atoms with Crippen molar-refractivity contribution in [1.82, 2.24) is 14.5 Å². The molecule has 4 heteroatoms. The third-order valence-electron chi connectivity index (χ3n) is 6.43. The van der Waals surface area contributed by atoms with E-state index in [2.05, 4.69) is 87.3 Å². The van der Waals surface area contributed by atoms with Gasteiger partial charge in [0.05, 0.1) is 17.3 Å². The maximum atomic E-state index is 5.77. The van der Waals surface area contributed by atoms with Gasteiger partial charge in [-0.3, -0.25) is 9.97 Å². The summed E-state index contributed by atoms with van der Waals surface area (Å²) in [5, 5.41) is 3.53. The molecule has 0 fully saturated rings. The number of benzene rings is 3. The first kappa shape index (κ1) is 18.8. The van der Waals surface area contributed by atoms with E-state index >= 15 is 0 Å². The van der Waals surface area contributed by atoms with E-state index in [4.69, 9.17) is 4.42 Å². The van der Waals surface area contributed by atoms with Crippen LogP contribution in [0.3, 0.4) is 0 Å².